The number of nitrogens with zero attached hydrogens (tertiary/aromatic N) is 1. The van der Waals surface area contributed by atoms with E-state index in [9.17, 15) is 19.2 Å². The number of carbonyl (C=O) groups is 4. The SMILES string of the molecule is COc1ccc(C=N[C@]2(OC(C)=O)C[C@@H](OC(C)=O)[C@H](OC(C)=O)[C@@H](COC(C)=O)O2)cc1. The van der Waals surface area contributed by atoms with E-state index in [0.29, 0.717) is 11.3 Å². The van der Waals surface area contributed by atoms with Gasteiger partial charge in [-0.2, -0.15) is 0 Å². The molecule has 1 aliphatic rings. The Balaban J connectivity index is 2.45. The van der Waals surface area contributed by atoms with Crippen LogP contribution in [0.15, 0.2) is 29.3 Å². The van der Waals surface area contributed by atoms with E-state index in [-0.39, 0.29) is 13.0 Å². The van der Waals surface area contributed by atoms with Crippen LogP contribution in [0.2, 0.25) is 0 Å². The minimum Gasteiger partial charge on any atom is -0.497 e. The number of hydrogen-bond donors (Lipinski definition) is 0. The molecular formula is C22H27NO10. The second kappa shape index (κ2) is 11.4. The predicted octanol–water partition coefficient (Wildman–Crippen LogP) is 1.55. The molecule has 1 aliphatic heterocycles. The van der Waals surface area contributed by atoms with Gasteiger partial charge in [0.25, 0.3) is 0 Å². The summed E-state index contributed by atoms with van der Waals surface area (Å²) in [6.07, 6.45) is -2.25. The summed E-state index contributed by atoms with van der Waals surface area (Å²) in [5.41, 5.74) is 0.633. The van der Waals surface area contributed by atoms with Crippen molar-refractivity contribution in [3.63, 3.8) is 0 Å². The van der Waals surface area contributed by atoms with E-state index in [1.54, 1.807) is 24.3 Å². The molecule has 1 saturated heterocycles. The van der Waals surface area contributed by atoms with Gasteiger partial charge in [0.05, 0.1) is 13.5 Å². The lowest BCUT2D eigenvalue weighted by molar-refractivity contribution is -0.309. The van der Waals surface area contributed by atoms with E-state index < -0.39 is 48.1 Å². The van der Waals surface area contributed by atoms with Gasteiger partial charge in [-0.1, -0.05) is 0 Å². The molecule has 0 amide bonds. The van der Waals surface area contributed by atoms with Crippen LogP contribution in [-0.2, 0) is 42.9 Å². The third-order valence-electron chi connectivity index (χ3n) is 4.43. The quantitative estimate of drug-likeness (QED) is 0.316. The zero-order valence-corrected chi connectivity index (χ0v) is 19.1. The molecule has 33 heavy (non-hydrogen) atoms. The molecule has 11 heteroatoms. The molecule has 0 spiro atoms. The highest BCUT2D eigenvalue weighted by atomic mass is 16.8. The Bertz CT molecular complexity index is 897. The first-order chi connectivity index (χ1) is 15.5. The fourth-order valence-corrected chi connectivity index (χ4v) is 3.22. The van der Waals surface area contributed by atoms with Gasteiger partial charge in [0.2, 0.25) is 0 Å². The summed E-state index contributed by atoms with van der Waals surface area (Å²) in [4.78, 5) is 51.0. The number of carbonyl (C=O) groups excluding carboxylic acids is 4. The summed E-state index contributed by atoms with van der Waals surface area (Å²) in [6, 6.07) is 6.86. The molecule has 0 aliphatic carbocycles. The molecule has 0 bridgehead atoms. The van der Waals surface area contributed by atoms with Gasteiger partial charge >= 0.3 is 29.8 Å². The Hall–Kier alpha value is -3.47. The van der Waals surface area contributed by atoms with Gasteiger partial charge in [-0.05, 0) is 29.8 Å². The van der Waals surface area contributed by atoms with Gasteiger partial charge in [-0.3, -0.25) is 19.2 Å². The van der Waals surface area contributed by atoms with Gasteiger partial charge in [-0.25, -0.2) is 4.99 Å². The highest BCUT2D eigenvalue weighted by molar-refractivity contribution is 5.80. The number of rotatable bonds is 8. The number of hydrogen-bond acceptors (Lipinski definition) is 11. The molecular weight excluding hydrogens is 438 g/mol. The third kappa shape index (κ3) is 7.86. The van der Waals surface area contributed by atoms with Crippen molar-refractivity contribution in [1.29, 1.82) is 0 Å². The van der Waals surface area contributed by atoms with Gasteiger partial charge < -0.3 is 28.4 Å². The van der Waals surface area contributed by atoms with Gasteiger partial charge in [0.1, 0.15) is 24.6 Å². The van der Waals surface area contributed by atoms with Crippen molar-refractivity contribution in [2.75, 3.05) is 13.7 Å². The maximum Gasteiger partial charge on any atom is 0.319 e. The smallest absolute Gasteiger partial charge is 0.319 e. The number of aliphatic imine (C=N–C) groups is 1. The maximum atomic E-state index is 11.9. The standard InChI is InChI=1S/C22H27NO10/c1-13(24)29-12-20-21(31-15(3)26)19(30-14(2)25)10-22(33-20,32-16(4)27)23-11-17-6-8-18(28-5)9-7-17/h6-9,11,19-21H,10,12H2,1-5H3/t19-,20-,21+,22+/m1/s1. The number of ether oxygens (including phenoxy) is 6. The molecule has 0 aromatic heterocycles. The molecule has 1 aromatic carbocycles. The molecule has 2 rings (SSSR count). The van der Waals surface area contributed by atoms with Crippen LogP contribution >= 0.6 is 0 Å². The maximum absolute atomic E-state index is 11.9. The van der Waals surface area contributed by atoms with E-state index in [4.69, 9.17) is 28.4 Å². The van der Waals surface area contributed by atoms with Crippen molar-refractivity contribution in [3.05, 3.63) is 29.8 Å². The molecule has 1 fully saturated rings. The van der Waals surface area contributed by atoms with Crippen LogP contribution in [0.4, 0.5) is 0 Å². The van der Waals surface area contributed by atoms with E-state index >= 15 is 0 Å². The summed E-state index contributed by atoms with van der Waals surface area (Å²) >= 11 is 0. The Morgan fingerprint density at radius 1 is 1.00 bits per heavy atom. The average Bonchev–Trinajstić information content (AvgIpc) is 2.72. The second-order valence-electron chi connectivity index (χ2n) is 7.22. The van der Waals surface area contributed by atoms with Crippen LogP contribution in [0.25, 0.3) is 0 Å². The highest BCUT2D eigenvalue weighted by Crippen LogP contribution is 2.35. The van der Waals surface area contributed by atoms with Crippen molar-refractivity contribution >= 4 is 30.1 Å². The van der Waals surface area contributed by atoms with Gasteiger partial charge in [-0.15, -0.1) is 0 Å². The fourth-order valence-electron chi connectivity index (χ4n) is 3.22. The fraction of sp³-hybridized carbons (Fsp3) is 0.500. The van der Waals surface area contributed by atoms with Crippen molar-refractivity contribution in [2.24, 2.45) is 4.99 Å². The summed E-state index contributed by atoms with van der Waals surface area (Å²) in [5.74, 6) is -3.98. The first-order valence-corrected chi connectivity index (χ1v) is 10.1. The molecule has 0 unspecified atom stereocenters. The second-order valence-corrected chi connectivity index (χ2v) is 7.22. The Morgan fingerprint density at radius 3 is 2.15 bits per heavy atom. The molecule has 11 nitrogen and oxygen atoms in total. The van der Waals surface area contributed by atoms with Crippen molar-refractivity contribution in [1.82, 2.24) is 0 Å². The van der Waals surface area contributed by atoms with Crippen LogP contribution in [0, 0.1) is 0 Å². The molecule has 0 radical (unpaired) electrons. The van der Waals surface area contributed by atoms with Crippen LogP contribution in [0.5, 0.6) is 5.75 Å². The van der Waals surface area contributed by atoms with Crippen molar-refractivity contribution < 1.29 is 47.6 Å². The van der Waals surface area contributed by atoms with Crippen molar-refractivity contribution in [2.45, 2.75) is 58.3 Å². The Labute approximate surface area is 190 Å². The summed E-state index contributed by atoms with van der Waals surface area (Å²) < 4.78 is 32.1. The van der Waals surface area contributed by atoms with Gasteiger partial charge in [0, 0.05) is 33.9 Å². The first-order valence-electron chi connectivity index (χ1n) is 10.1. The summed E-state index contributed by atoms with van der Waals surface area (Å²) in [5, 5.41) is 0. The van der Waals surface area contributed by atoms with Gasteiger partial charge in [0.15, 0.2) is 6.10 Å². The monoisotopic (exact) mass is 465 g/mol. The average molecular weight is 465 g/mol. The lowest BCUT2D eigenvalue weighted by atomic mass is 9.98. The van der Waals surface area contributed by atoms with Crippen LogP contribution in [0.1, 0.15) is 39.7 Å². The predicted molar refractivity (Wildman–Crippen MR) is 112 cm³/mol. The lowest BCUT2D eigenvalue weighted by Crippen LogP contribution is -2.59. The topological polar surface area (TPSA) is 136 Å². The summed E-state index contributed by atoms with van der Waals surface area (Å²) in [6.45, 7) is 4.33. The van der Waals surface area contributed by atoms with E-state index in [1.165, 1.54) is 34.1 Å². The van der Waals surface area contributed by atoms with E-state index in [0.717, 1.165) is 6.92 Å². The zero-order valence-electron chi connectivity index (χ0n) is 19.1. The van der Waals surface area contributed by atoms with Crippen LogP contribution in [-0.4, -0.2) is 68.0 Å². The normalized spacial score (nSPS) is 24.6. The largest absolute Gasteiger partial charge is 0.497 e. The lowest BCUT2D eigenvalue weighted by Gasteiger charge is -2.43. The minimum absolute atomic E-state index is 0.271. The minimum atomic E-state index is -1.94. The summed E-state index contributed by atoms with van der Waals surface area (Å²) in [7, 11) is 1.53. The van der Waals surface area contributed by atoms with Crippen LogP contribution < -0.4 is 4.74 Å². The van der Waals surface area contributed by atoms with Crippen molar-refractivity contribution in [3.8, 4) is 5.75 Å². The Morgan fingerprint density at radius 2 is 1.64 bits per heavy atom. The number of benzene rings is 1. The number of methoxy groups -OCH3 is 1. The van der Waals surface area contributed by atoms with E-state index in [2.05, 4.69) is 4.99 Å². The van der Waals surface area contributed by atoms with E-state index in [1.807, 2.05) is 0 Å². The number of esters is 4. The molecule has 0 N–H and O–H groups in total. The zero-order chi connectivity index (χ0) is 24.6. The third-order valence-corrected chi connectivity index (χ3v) is 4.43. The molecule has 4 atom stereocenters. The Kier molecular flexibility index (Phi) is 8.92. The van der Waals surface area contributed by atoms with Crippen LogP contribution in [0.3, 0.4) is 0 Å². The molecule has 1 heterocycles. The molecule has 0 saturated carbocycles. The molecule has 1 aromatic rings. The molecule has 180 valence electrons. The highest BCUT2D eigenvalue weighted by Gasteiger charge is 2.53. The first kappa shape index (κ1) is 25.8.